The fraction of sp³-hybridized carbons (Fsp3) is 0.238. The highest BCUT2D eigenvalue weighted by atomic mass is 19.1. The van der Waals surface area contributed by atoms with Crippen LogP contribution in [0.25, 0.3) is 5.69 Å². The van der Waals surface area contributed by atoms with Gasteiger partial charge in [-0.3, -0.25) is 14.2 Å². The van der Waals surface area contributed by atoms with Gasteiger partial charge in [-0.25, -0.2) is 9.18 Å². The van der Waals surface area contributed by atoms with Gasteiger partial charge in [-0.05, 0) is 42.7 Å². The third-order valence-electron chi connectivity index (χ3n) is 4.91. The van der Waals surface area contributed by atoms with Crippen molar-refractivity contribution in [2.24, 2.45) is 0 Å². The minimum Gasteiger partial charge on any atom is -0.337 e. The molecule has 7 nitrogen and oxygen atoms in total. The lowest BCUT2D eigenvalue weighted by molar-refractivity contribution is 0.0781. The summed E-state index contributed by atoms with van der Waals surface area (Å²) in [7, 11) is 0. The van der Waals surface area contributed by atoms with Gasteiger partial charge < -0.3 is 4.90 Å². The van der Waals surface area contributed by atoms with E-state index < -0.39 is 23.0 Å². The number of carbonyl (C=O) groups excluding carboxylic acids is 1. The summed E-state index contributed by atoms with van der Waals surface area (Å²) in [6, 6.07) is 14.2. The minimum absolute atomic E-state index is 0.00248. The second kappa shape index (κ2) is 7.83. The molecular weight excluding hydrogens is 375 g/mol. The lowest BCUT2D eigenvalue weighted by Gasteiger charge is -2.16. The molecule has 0 aliphatic carbocycles. The molecule has 4 rings (SSSR count). The van der Waals surface area contributed by atoms with Crippen LogP contribution in [0.5, 0.6) is 0 Å². The first-order valence-corrected chi connectivity index (χ1v) is 9.38. The van der Waals surface area contributed by atoms with E-state index in [4.69, 9.17) is 0 Å². The number of amides is 1. The van der Waals surface area contributed by atoms with Crippen molar-refractivity contribution in [3.63, 3.8) is 0 Å². The van der Waals surface area contributed by atoms with E-state index >= 15 is 0 Å². The van der Waals surface area contributed by atoms with Crippen molar-refractivity contribution in [3.8, 4) is 5.69 Å². The van der Waals surface area contributed by atoms with Crippen LogP contribution >= 0.6 is 0 Å². The van der Waals surface area contributed by atoms with Gasteiger partial charge in [0, 0.05) is 13.1 Å². The monoisotopic (exact) mass is 394 g/mol. The Morgan fingerprint density at radius 1 is 0.966 bits per heavy atom. The van der Waals surface area contributed by atoms with Crippen LogP contribution < -0.4 is 11.2 Å². The molecule has 2 aromatic carbocycles. The summed E-state index contributed by atoms with van der Waals surface area (Å²) in [5.41, 5.74) is -0.721. The third kappa shape index (κ3) is 3.73. The summed E-state index contributed by atoms with van der Waals surface area (Å²) in [5, 5.41) is 4.08. The van der Waals surface area contributed by atoms with Crippen LogP contribution in [-0.2, 0) is 6.54 Å². The van der Waals surface area contributed by atoms with Crippen molar-refractivity contribution in [2.45, 2.75) is 19.4 Å². The molecule has 29 heavy (non-hydrogen) atoms. The molecule has 0 saturated carbocycles. The van der Waals surface area contributed by atoms with Crippen LogP contribution in [0.1, 0.15) is 28.9 Å². The van der Waals surface area contributed by atoms with Crippen molar-refractivity contribution in [1.29, 1.82) is 0 Å². The molecule has 0 bridgehead atoms. The molecule has 1 amide bonds. The Balaban J connectivity index is 1.88. The molecule has 148 valence electrons. The molecule has 1 aliphatic rings. The van der Waals surface area contributed by atoms with E-state index in [0.717, 1.165) is 27.7 Å². The molecule has 1 aromatic heterocycles. The van der Waals surface area contributed by atoms with Gasteiger partial charge >= 0.3 is 5.69 Å². The Morgan fingerprint density at radius 3 is 2.28 bits per heavy atom. The Morgan fingerprint density at radius 2 is 1.62 bits per heavy atom. The first kappa shape index (κ1) is 18.8. The fourth-order valence-electron chi connectivity index (χ4n) is 3.37. The maximum Gasteiger partial charge on any atom is 0.352 e. The van der Waals surface area contributed by atoms with Crippen molar-refractivity contribution in [1.82, 2.24) is 19.2 Å². The fourth-order valence-corrected chi connectivity index (χ4v) is 3.37. The van der Waals surface area contributed by atoms with Gasteiger partial charge in [0.2, 0.25) is 5.69 Å². The summed E-state index contributed by atoms with van der Waals surface area (Å²) < 4.78 is 15.3. The predicted octanol–water partition coefficient (Wildman–Crippen LogP) is 1.82. The van der Waals surface area contributed by atoms with Crippen LogP contribution in [-0.4, -0.2) is 38.2 Å². The number of likely N-dealkylation sites (tertiary alicyclic amines) is 1. The van der Waals surface area contributed by atoms with E-state index in [1.165, 1.54) is 24.3 Å². The van der Waals surface area contributed by atoms with Crippen molar-refractivity contribution >= 4 is 5.91 Å². The number of rotatable bonds is 4. The minimum atomic E-state index is -0.728. The first-order valence-electron chi connectivity index (χ1n) is 9.38. The van der Waals surface area contributed by atoms with Crippen LogP contribution in [0.4, 0.5) is 4.39 Å². The number of aromatic nitrogens is 3. The predicted molar refractivity (Wildman–Crippen MR) is 105 cm³/mol. The lowest BCUT2D eigenvalue weighted by Crippen LogP contribution is -2.46. The van der Waals surface area contributed by atoms with Crippen LogP contribution in [0.2, 0.25) is 0 Å². The first-order chi connectivity index (χ1) is 14.0. The van der Waals surface area contributed by atoms with Gasteiger partial charge in [-0.1, -0.05) is 30.3 Å². The molecule has 1 aliphatic heterocycles. The zero-order chi connectivity index (χ0) is 20.4. The number of nitrogens with zero attached hydrogens (tertiary/aromatic N) is 4. The van der Waals surface area contributed by atoms with E-state index in [-0.39, 0.29) is 17.9 Å². The van der Waals surface area contributed by atoms with E-state index in [2.05, 4.69) is 5.10 Å². The van der Waals surface area contributed by atoms with Crippen LogP contribution in [0.3, 0.4) is 0 Å². The highest BCUT2D eigenvalue weighted by Crippen LogP contribution is 2.11. The SMILES string of the molecule is O=C(c1nn(-c2ccc(F)cc2)c(=O)n(Cc2ccccc2)c1=O)N1CCCC1. The van der Waals surface area contributed by atoms with Crippen molar-refractivity contribution in [3.05, 3.63) is 92.5 Å². The standard InChI is InChI=1S/C21H19FN4O3/c22-16-8-10-17(11-9-16)26-21(29)25(14-15-6-2-1-3-7-15)20(28)18(23-26)19(27)24-12-4-5-13-24/h1-3,6-11H,4-5,12-14H2. The molecule has 0 unspecified atom stereocenters. The van der Waals surface area contributed by atoms with Gasteiger partial charge in [0.15, 0.2) is 0 Å². The van der Waals surface area contributed by atoms with Gasteiger partial charge in [0.05, 0.1) is 12.2 Å². The molecule has 3 aromatic rings. The maximum atomic E-state index is 13.3. The zero-order valence-electron chi connectivity index (χ0n) is 15.6. The third-order valence-corrected chi connectivity index (χ3v) is 4.91. The number of hydrogen-bond acceptors (Lipinski definition) is 4. The average Bonchev–Trinajstić information content (AvgIpc) is 3.27. The lowest BCUT2D eigenvalue weighted by atomic mass is 10.2. The molecule has 2 heterocycles. The molecule has 1 fully saturated rings. The molecule has 0 N–H and O–H groups in total. The summed E-state index contributed by atoms with van der Waals surface area (Å²) in [6.45, 7) is 1.10. The number of benzene rings is 2. The highest BCUT2D eigenvalue weighted by molar-refractivity contribution is 5.92. The summed E-state index contributed by atoms with van der Waals surface area (Å²) in [4.78, 5) is 40.5. The van der Waals surface area contributed by atoms with Gasteiger partial charge in [-0.15, -0.1) is 0 Å². The van der Waals surface area contributed by atoms with E-state index in [0.29, 0.717) is 13.1 Å². The summed E-state index contributed by atoms with van der Waals surface area (Å²) in [6.07, 6.45) is 1.73. The second-order valence-corrected chi connectivity index (χ2v) is 6.90. The van der Waals surface area contributed by atoms with Gasteiger partial charge in [0.1, 0.15) is 5.82 Å². The summed E-state index contributed by atoms with van der Waals surface area (Å²) >= 11 is 0. The maximum absolute atomic E-state index is 13.3. The van der Waals surface area contributed by atoms with Crippen molar-refractivity contribution in [2.75, 3.05) is 13.1 Å². The van der Waals surface area contributed by atoms with E-state index in [1.807, 2.05) is 6.07 Å². The van der Waals surface area contributed by atoms with E-state index in [1.54, 1.807) is 29.2 Å². The Hall–Kier alpha value is -3.55. The second-order valence-electron chi connectivity index (χ2n) is 6.90. The number of hydrogen-bond donors (Lipinski definition) is 0. The van der Waals surface area contributed by atoms with Crippen LogP contribution in [0, 0.1) is 5.82 Å². The molecule has 1 saturated heterocycles. The largest absolute Gasteiger partial charge is 0.352 e. The quantitative estimate of drug-likeness (QED) is 0.676. The Labute approximate surface area is 165 Å². The molecule has 0 radical (unpaired) electrons. The molecule has 8 heteroatoms. The van der Waals surface area contributed by atoms with E-state index in [9.17, 15) is 18.8 Å². The zero-order valence-corrected chi connectivity index (χ0v) is 15.6. The van der Waals surface area contributed by atoms with Gasteiger partial charge in [0.25, 0.3) is 11.5 Å². The smallest absolute Gasteiger partial charge is 0.337 e. The topological polar surface area (TPSA) is 77.2 Å². The van der Waals surface area contributed by atoms with Crippen molar-refractivity contribution < 1.29 is 9.18 Å². The molecule has 0 spiro atoms. The van der Waals surface area contributed by atoms with Gasteiger partial charge in [-0.2, -0.15) is 9.78 Å². The normalized spacial score (nSPS) is 13.6. The number of carbonyl (C=O) groups is 1. The summed E-state index contributed by atoms with van der Waals surface area (Å²) in [5.74, 6) is -0.960. The highest BCUT2D eigenvalue weighted by Gasteiger charge is 2.26. The number of halogens is 1. The molecular formula is C21H19FN4O3. The average molecular weight is 394 g/mol. The Kier molecular flexibility index (Phi) is 5.07. The Bertz CT molecular complexity index is 1150. The molecule has 0 atom stereocenters. The van der Waals surface area contributed by atoms with Crippen LogP contribution in [0.15, 0.2) is 64.2 Å².